The first-order valence-electron chi connectivity index (χ1n) is 10.2. The van der Waals surface area contributed by atoms with Gasteiger partial charge >= 0.3 is 0 Å². The van der Waals surface area contributed by atoms with Crippen LogP contribution in [0, 0.1) is 20.8 Å². The van der Waals surface area contributed by atoms with Gasteiger partial charge in [-0.05, 0) is 44.0 Å². The van der Waals surface area contributed by atoms with Crippen LogP contribution in [0.4, 0.5) is 0 Å². The Morgan fingerprint density at radius 1 is 0.900 bits per heavy atom. The molecule has 0 N–H and O–H groups in total. The summed E-state index contributed by atoms with van der Waals surface area (Å²) in [7, 11) is -3.46. The van der Waals surface area contributed by atoms with Crippen LogP contribution in [-0.2, 0) is 16.6 Å². The standard InChI is InChI=1S/C23H27N3O3S/c1-17-8-4-6-10-20(17)23-24-21(19(3)29-23)16-25-12-14-26(15-13-25)30(27,28)22-11-7-5-9-18(22)2/h4-11H,12-16H2,1-3H3. The van der Waals surface area contributed by atoms with Crippen LogP contribution in [0.25, 0.3) is 11.5 Å². The number of oxazole rings is 1. The summed E-state index contributed by atoms with van der Waals surface area (Å²) in [5, 5.41) is 0. The summed E-state index contributed by atoms with van der Waals surface area (Å²) in [5.41, 5.74) is 3.81. The van der Waals surface area contributed by atoms with Crippen molar-refractivity contribution in [3.05, 3.63) is 71.1 Å². The molecule has 7 heteroatoms. The van der Waals surface area contributed by atoms with Gasteiger partial charge in [-0.25, -0.2) is 13.4 Å². The monoisotopic (exact) mass is 425 g/mol. The van der Waals surface area contributed by atoms with Crippen LogP contribution < -0.4 is 0 Å². The lowest BCUT2D eigenvalue weighted by molar-refractivity contribution is 0.179. The summed E-state index contributed by atoms with van der Waals surface area (Å²) in [4.78, 5) is 7.35. The molecule has 3 aromatic rings. The molecular formula is C23H27N3O3S. The average molecular weight is 426 g/mol. The maximum absolute atomic E-state index is 13.0. The number of benzene rings is 2. The third-order valence-corrected chi connectivity index (χ3v) is 7.74. The number of hydrogen-bond acceptors (Lipinski definition) is 5. The molecule has 0 aliphatic carbocycles. The third kappa shape index (κ3) is 4.05. The molecule has 1 aliphatic heterocycles. The Balaban J connectivity index is 1.44. The van der Waals surface area contributed by atoms with Crippen LogP contribution in [0.15, 0.2) is 57.8 Å². The number of sulfonamides is 1. The van der Waals surface area contributed by atoms with Crippen molar-refractivity contribution in [1.82, 2.24) is 14.2 Å². The number of piperazine rings is 1. The quantitative estimate of drug-likeness (QED) is 0.622. The van der Waals surface area contributed by atoms with E-state index in [1.54, 1.807) is 16.4 Å². The highest BCUT2D eigenvalue weighted by Crippen LogP contribution is 2.26. The molecular weight excluding hydrogens is 398 g/mol. The zero-order valence-corrected chi connectivity index (χ0v) is 18.4. The van der Waals surface area contributed by atoms with E-state index in [0.717, 1.165) is 28.1 Å². The van der Waals surface area contributed by atoms with Crippen molar-refractivity contribution >= 4 is 10.0 Å². The molecule has 1 aliphatic rings. The predicted octanol–water partition coefficient (Wildman–Crippen LogP) is 3.77. The molecule has 0 bridgehead atoms. The fraction of sp³-hybridized carbons (Fsp3) is 0.348. The second-order valence-corrected chi connectivity index (χ2v) is 9.69. The van der Waals surface area contributed by atoms with E-state index in [4.69, 9.17) is 9.40 Å². The minimum atomic E-state index is -3.46. The van der Waals surface area contributed by atoms with Crippen LogP contribution >= 0.6 is 0 Å². The summed E-state index contributed by atoms with van der Waals surface area (Å²) < 4.78 is 33.5. The van der Waals surface area contributed by atoms with Gasteiger partial charge in [0.2, 0.25) is 15.9 Å². The number of hydrogen-bond donors (Lipinski definition) is 0. The smallest absolute Gasteiger partial charge is 0.243 e. The van der Waals surface area contributed by atoms with Crippen LogP contribution in [0.1, 0.15) is 22.6 Å². The Morgan fingerprint density at radius 3 is 2.20 bits per heavy atom. The van der Waals surface area contributed by atoms with Gasteiger partial charge in [-0.1, -0.05) is 36.4 Å². The third-order valence-electron chi connectivity index (χ3n) is 5.68. The Morgan fingerprint density at radius 2 is 1.53 bits per heavy atom. The van der Waals surface area contributed by atoms with Crippen molar-refractivity contribution in [2.24, 2.45) is 0 Å². The van der Waals surface area contributed by atoms with E-state index in [9.17, 15) is 8.42 Å². The maximum atomic E-state index is 13.0. The molecule has 0 radical (unpaired) electrons. The van der Waals surface area contributed by atoms with E-state index in [1.165, 1.54) is 0 Å². The first-order valence-corrected chi connectivity index (χ1v) is 11.6. The predicted molar refractivity (Wildman–Crippen MR) is 117 cm³/mol. The second-order valence-electron chi connectivity index (χ2n) is 7.78. The number of aromatic nitrogens is 1. The normalized spacial score (nSPS) is 16.1. The first kappa shape index (κ1) is 20.8. The lowest BCUT2D eigenvalue weighted by Crippen LogP contribution is -2.48. The van der Waals surface area contributed by atoms with E-state index in [2.05, 4.69) is 4.90 Å². The fourth-order valence-corrected chi connectivity index (χ4v) is 5.48. The van der Waals surface area contributed by atoms with Gasteiger partial charge in [0.05, 0.1) is 10.6 Å². The fourth-order valence-electron chi connectivity index (χ4n) is 3.83. The lowest BCUT2D eigenvalue weighted by Gasteiger charge is -2.33. The number of aryl methyl sites for hydroxylation is 3. The van der Waals surface area contributed by atoms with Crippen LogP contribution in [0.5, 0.6) is 0 Å². The van der Waals surface area contributed by atoms with Gasteiger partial charge in [-0.2, -0.15) is 4.31 Å². The minimum Gasteiger partial charge on any atom is -0.441 e. The van der Waals surface area contributed by atoms with Crippen molar-refractivity contribution in [2.75, 3.05) is 26.2 Å². The zero-order valence-electron chi connectivity index (χ0n) is 17.6. The molecule has 1 fully saturated rings. The molecule has 4 rings (SSSR count). The van der Waals surface area contributed by atoms with Gasteiger partial charge in [0, 0.05) is 38.3 Å². The second kappa shape index (κ2) is 8.34. The topological polar surface area (TPSA) is 66.7 Å². The Labute approximate surface area is 178 Å². The maximum Gasteiger partial charge on any atom is 0.243 e. The van der Waals surface area contributed by atoms with E-state index < -0.39 is 10.0 Å². The van der Waals surface area contributed by atoms with Gasteiger partial charge in [0.15, 0.2) is 0 Å². The number of nitrogens with zero attached hydrogens (tertiary/aromatic N) is 3. The molecule has 0 saturated carbocycles. The van der Waals surface area contributed by atoms with E-state index in [0.29, 0.717) is 43.5 Å². The Bertz CT molecular complexity index is 1150. The summed E-state index contributed by atoms with van der Waals surface area (Å²) in [6, 6.07) is 15.2. The van der Waals surface area contributed by atoms with Gasteiger partial charge < -0.3 is 4.42 Å². The average Bonchev–Trinajstić information content (AvgIpc) is 3.09. The van der Waals surface area contributed by atoms with Crippen LogP contribution in [-0.4, -0.2) is 48.8 Å². The van der Waals surface area contributed by atoms with Gasteiger partial charge in [0.25, 0.3) is 0 Å². The summed E-state index contributed by atoms with van der Waals surface area (Å²) in [5.74, 6) is 1.45. The summed E-state index contributed by atoms with van der Waals surface area (Å²) in [6.07, 6.45) is 0. The van der Waals surface area contributed by atoms with Gasteiger partial charge in [0.1, 0.15) is 5.76 Å². The van der Waals surface area contributed by atoms with Crippen LogP contribution in [0.2, 0.25) is 0 Å². The first-order chi connectivity index (χ1) is 14.4. The Hall–Kier alpha value is -2.48. The van der Waals surface area contributed by atoms with E-state index >= 15 is 0 Å². The van der Waals surface area contributed by atoms with Crippen molar-refractivity contribution in [2.45, 2.75) is 32.2 Å². The molecule has 2 heterocycles. The van der Waals surface area contributed by atoms with Crippen LogP contribution in [0.3, 0.4) is 0 Å². The lowest BCUT2D eigenvalue weighted by atomic mass is 10.1. The van der Waals surface area contributed by atoms with Crippen molar-refractivity contribution in [1.29, 1.82) is 0 Å². The zero-order chi connectivity index (χ0) is 21.3. The molecule has 1 aromatic heterocycles. The number of rotatable bonds is 5. The molecule has 1 saturated heterocycles. The summed E-state index contributed by atoms with van der Waals surface area (Å²) >= 11 is 0. The molecule has 2 aromatic carbocycles. The van der Waals surface area contributed by atoms with Crippen molar-refractivity contribution in [3.63, 3.8) is 0 Å². The van der Waals surface area contributed by atoms with Crippen molar-refractivity contribution < 1.29 is 12.8 Å². The summed E-state index contributed by atoms with van der Waals surface area (Å²) in [6.45, 7) is 8.73. The molecule has 0 amide bonds. The molecule has 0 atom stereocenters. The molecule has 30 heavy (non-hydrogen) atoms. The molecule has 0 unspecified atom stereocenters. The minimum absolute atomic E-state index is 0.397. The largest absolute Gasteiger partial charge is 0.441 e. The molecule has 0 spiro atoms. The SMILES string of the molecule is Cc1ccccc1-c1nc(CN2CCN(S(=O)(=O)c3ccccc3C)CC2)c(C)o1. The Kier molecular flexibility index (Phi) is 5.77. The van der Waals surface area contributed by atoms with E-state index in [-0.39, 0.29) is 0 Å². The molecule has 158 valence electrons. The van der Waals surface area contributed by atoms with Gasteiger partial charge in [-0.3, -0.25) is 4.90 Å². The highest BCUT2D eigenvalue weighted by atomic mass is 32.2. The van der Waals surface area contributed by atoms with Gasteiger partial charge in [-0.15, -0.1) is 0 Å². The van der Waals surface area contributed by atoms with Crippen molar-refractivity contribution in [3.8, 4) is 11.5 Å². The molecule has 6 nitrogen and oxygen atoms in total. The highest BCUT2D eigenvalue weighted by molar-refractivity contribution is 7.89. The highest BCUT2D eigenvalue weighted by Gasteiger charge is 2.30. The van der Waals surface area contributed by atoms with E-state index in [1.807, 2.05) is 57.2 Å².